The first kappa shape index (κ1) is 28.3. The molecule has 1 atom stereocenters. The molecule has 0 fully saturated rings. The molecule has 0 aliphatic heterocycles. The van der Waals surface area contributed by atoms with Gasteiger partial charge in [-0.05, 0) is 58.7 Å². The van der Waals surface area contributed by atoms with E-state index in [9.17, 15) is 23.1 Å². The van der Waals surface area contributed by atoms with Gasteiger partial charge < -0.3 is 20.5 Å². The van der Waals surface area contributed by atoms with E-state index in [-0.39, 0.29) is 10.6 Å². The number of amides is 2. The van der Waals surface area contributed by atoms with Crippen LogP contribution in [0.25, 0.3) is 11.1 Å². The summed E-state index contributed by atoms with van der Waals surface area (Å²) in [7, 11) is -2.86. The summed E-state index contributed by atoms with van der Waals surface area (Å²) in [5, 5.41) is 14.9. The molecular formula is C29H28N4O6S. The van der Waals surface area contributed by atoms with Crippen molar-refractivity contribution in [3.05, 3.63) is 108 Å². The zero-order valence-corrected chi connectivity index (χ0v) is 22.4. The minimum Gasteiger partial charge on any atom is -0.495 e. The monoisotopic (exact) mass is 560 g/mol. The van der Waals surface area contributed by atoms with E-state index in [1.165, 1.54) is 19.2 Å². The molecule has 10 nitrogen and oxygen atoms in total. The molecule has 0 bridgehead atoms. The van der Waals surface area contributed by atoms with Crippen molar-refractivity contribution in [1.29, 1.82) is 0 Å². The number of aliphatic carboxylic acids is 1. The van der Waals surface area contributed by atoms with E-state index in [4.69, 9.17) is 4.74 Å². The van der Waals surface area contributed by atoms with Crippen molar-refractivity contribution < 1.29 is 27.9 Å². The van der Waals surface area contributed by atoms with Crippen molar-refractivity contribution in [3.63, 3.8) is 0 Å². The Morgan fingerprint density at radius 3 is 2.35 bits per heavy atom. The maximum Gasteiger partial charge on any atom is 0.319 e. The van der Waals surface area contributed by atoms with E-state index in [1.54, 1.807) is 85.2 Å². The van der Waals surface area contributed by atoms with Crippen molar-refractivity contribution in [2.45, 2.75) is 23.9 Å². The fourth-order valence-corrected chi connectivity index (χ4v) is 5.46. The van der Waals surface area contributed by atoms with Crippen LogP contribution in [0.3, 0.4) is 0 Å². The molecule has 0 aliphatic carbocycles. The van der Waals surface area contributed by atoms with Crippen molar-refractivity contribution in [3.8, 4) is 16.9 Å². The Kier molecular flexibility index (Phi) is 9.10. The molecular weight excluding hydrogens is 532 g/mol. The Morgan fingerprint density at radius 2 is 1.65 bits per heavy atom. The summed E-state index contributed by atoms with van der Waals surface area (Å²) < 4.78 is 34.9. The molecule has 4 N–H and O–H groups in total. The van der Waals surface area contributed by atoms with E-state index < -0.39 is 34.5 Å². The number of carbonyl (C=O) groups is 2. The van der Waals surface area contributed by atoms with Gasteiger partial charge in [-0.3, -0.25) is 9.78 Å². The number of methoxy groups -OCH3 is 1. The Balaban J connectivity index is 1.57. The molecule has 4 rings (SSSR count). The van der Waals surface area contributed by atoms with Gasteiger partial charge in [0.25, 0.3) is 0 Å². The number of carboxylic acid groups (broad SMARTS) is 1. The molecule has 206 valence electrons. The minimum atomic E-state index is -4.21. The third-order valence-electron chi connectivity index (χ3n) is 5.99. The van der Waals surface area contributed by atoms with Gasteiger partial charge in [0.15, 0.2) is 0 Å². The summed E-state index contributed by atoms with van der Waals surface area (Å²) in [6.07, 6.45) is 2.85. The smallest absolute Gasteiger partial charge is 0.319 e. The lowest BCUT2D eigenvalue weighted by Gasteiger charge is -2.19. The zero-order valence-electron chi connectivity index (χ0n) is 21.6. The van der Waals surface area contributed by atoms with Gasteiger partial charge in [-0.15, -0.1) is 0 Å². The van der Waals surface area contributed by atoms with Crippen LogP contribution in [0.4, 0.5) is 10.5 Å². The summed E-state index contributed by atoms with van der Waals surface area (Å²) in [6.45, 7) is 0.326. The molecule has 1 heterocycles. The minimum absolute atomic E-state index is 0.100. The highest BCUT2D eigenvalue weighted by Gasteiger charge is 2.27. The predicted molar refractivity (Wildman–Crippen MR) is 150 cm³/mol. The Bertz CT molecular complexity index is 1580. The second-order valence-corrected chi connectivity index (χ2v) is 10.5. The van der Waals surface area contributed by atoms with E-state index in [1.807, 2.05) is 0 Å². The van der Waals surface area contributed by atoms with E-state index in [0.29, 0.717) is 28.9 Å². The summed E-state index contributed by atoms with van der Waals surface area (Å²) in [5.41, 5.74) is 3.13. The summed E-state index contributed by atoms with van der Waals surface area (Å²) in [4.78, 5) is 27.7. The highest BCUT2D eigenvalue weighted by Crippen LogP contribution is 2.32. The number of pyridine rings is 1. The van der Waals surface area contributed by atoms with Crippen LogP contribution < -0.4 is 20.1 Å². The number of aromatic nitrogens is 1. The van der Waals surface area contributed by atoms with Crippen LogP contribution in [0.15, 0.2) is 102 Å². The van der Waals surface area contributed by atoms with E-state index in [0.717, 1.165) is 5.56 Å². The fraction of sp³-hybridized carbons (Fsp3) is 0.138. The van der Waals surface area contributed by atoms with Crippen molar-refractivity contribution in [2.24, 2.45) is 0 Å². The van der Waals surface area contributed by atoms with E-state index in [2.05, 4.69) is 20.3 Å². The molecule has 40 heavy (non-hydrogen) atoms. The van der Waals surface area contributed by atoms with Gasteiger partial charge in [-0.2, -0.15) is 0 Å². The third kappa shape index (κ3) is 7.43. The van der Waals surface area contributed by atoms with Crippen LogP contribution in [-0.4, -0.2) is 37.6 Å². The summed E-state index contributed by atoms with van der Waals surface area (Å²) in [6, 6.07) is 22.3. The van der Waals surface area contributed by atoms with Crippen LogP contribution in [-0.2, 0) is 21.4 Å². The predicted octanol–water partition coefficient (Wildman–Crippen LogP) is 4.57. The lowest BCUT2D eigenvalue weighted by Crippen LogP contribution is -2.30. The Labute approximate surface area is 232 Å². The normalized spacial score (nSPS) is 11.8. The molecule has 3 aromatic carbocycles. The van der Waals surface area contributed by atoms with Crippen molar-refractivity contribution in [1.82, 2.24) is 15.0 Å². The molecule has 0 saturated heterocycles. The van der Waals surface area contributed by atoms with Gasteiger partial charge in [0.1, 0.15) is 10.6 Å². The number of sulfonamides is 1. The highest BCUT2D eigenvalue weighted by atomic mass is 32.2. The lowest BCUT2D eigenvalue weighted by molar-refractivity contribution is -0.137. The molecule has 0 radical (unpaired) electrons. The lowest BCUT2D eigenvalue weighted by atomic mass is 10.0. The topological polar surface area (TPSA) is 147 Å². The standard InChI is InChI=1S/C29H28N4O6S/c1-39-26-11-10-23(17-27(26)40(37,38)33-25(18-28(34)35)21-6-3-2-4-7-21)22-8-5-9-24(16-22)32-29(36)31-19-20-12-14-30-15-13-20/h2-17,25,33H,18-19H2,1H3,(H,34,35)(H2,31,32,36)/t25-/m1/s1. The first-order valence-corrected chi connectivity index (χ1v) is 13.7. The average molecular weight is 561 g/mol. The zero-order chi connectivity index (χ0) is 28.5. The van der Waals surface area contributed by atoms with Crippen LogP contribution in [0.1, 0.15) is 23.6 Å². The fourth-order valence-electron chi connectivity index (χ4n) is 4.04. The highest BCUT2D eigenvalue weighted by molar-refractivity contribution is 7.89. The van der Waals surface area contributed by atoms with Gasteiger partial charge in [0.2, 0.25) is 10.0 Å². The summed E-state index contributed by atoms with van der Waals surface area (Å²) >= 11 is 0. The molecule has 4 aromatic rings. The second-order valence-electron chi connectivity index (χ2n) is 8.79. The molecule has 0 spiro atoms. The van der Waals surface area contributed by atoms with Gasteiger partial charge in [-0.25, -0.2) is 17.9 Å². The number of carbonyl (C=O) groups excluding carboxylic acids is 1. The molecule has 0 saturated carbocycles. The first-order chi connectivity index (χ1) is 19.2. The summed E-state index contributed by atoms with van der Waals surface area (Å²) in [5.74, 6) is -1.05. The number of ether oxygens (including phenoxy) is 1. The average Bonchev–Trinajstić information content (AvgIpc) is 2.96. The van der Waals surface area contributed by atoms with Crippen LogP contribution >= 0.6 is 0 Å². The van der Waals surface area contributed by atoms with Crippen LogP contribution in [0.5, 0.6) is 5.75 Å². The van der Waals surface area contributed by atoms with Crippen molar-refractivity contribution >= 4 is 27.7 Å². The van der Waals surface area contributed by atoms with Gasteiger partial charge in [-0.1, -0.05) is 48.5 Å². The number of hydrogen-bond donors (Lipinski definition) is 4. The van der Waals surface area contributed by atoms with Gasteiger partial charge >= 0.3 is 12.0 Å². The number of anilines is 1. The molecule has 2 amide bonds. The second kappa shape index (κ2) is 12.9. The van der Waals surface area contributed by atoms with Crippen molar-refractivity contribution in [2.75, 3.05) is 12.4 Å². The molecule has 0 aliphatic rings. The number of hydrogen-bond acceptors (Lipinski definition) is 6. The molecule has 11 heteroatoms. The van der Waals surface area contributed by atoms with E-state index >= 15 is 0 Å². The largest absolute Gasteiger partial charge is 0.495 e. The first-order valence-electron chi connectivity index (χ1n) is 12.3. The number of nitrogens with one attached hydrogen (secondary N) is 3. The SMILES string of the molecule is COc1ccc(-c2cccc(NC(=O)NCc3ccncc3)c2)cc1S(=O)(=O)N[C@H](CC(=O)O)c1ccccc1. The van der Waals surface area contributed by atoms with Gasteiger partial charge in [0.05, 0.1) is 19.6 Å². The Morgan fingerprint density at radius 1 is 0.925 bits per heavy atom. The molecule has 1 aromatic heterocycles. The Hall–Kier alpha value is -4.74. The number of urea groups is 1. The van der Waals surface area contributed by atoms with Gasteiger partial charge in [0, 0.05) is 24.6 Å². The number of benzene rings is 3. The third-order valence-corrected chi connectivity index (χ3v) is 7.48. The number of nitrogens with zero attached hydrogens (tertiary/aromatic N) is 1. The number of rotatable bonds is 11. The number of carboxylic acids is 1. The quantitative estimate of drug-likeness (QED) is 0.210. The maximum absolute atomic E-state index is 13.5. The van der Waals surface area contributed by atoms with Crippen LogP contribution in [0.2, 0.25) is 0 Å². The maximum atomic E-state index is 13.5. The molecule has 0 unspecified atom stereocenters. The van der Waals surface area contributed by atoms with Crippen LogP contribution in [0, 0.1) is 0 Å².